The van der Waals surface area contributed by atoms with Crippen molar-refractivity contribution < 1.29 is 92.2 Å². The number of likely N-dealkylation sites (tertiary alicyclic amines) is 1. The van der Waals surface area contributed by atoms with Gasteiger partial charge in [-0.05, 0) is 143 Å². The summed E-state index contributed by atoms with van der Waals surface area (Å²) in [6, 6.07) is -5.39. The Bertz CT molecular complexity index is 2220. The van der Waals surface area contributed by atoms with Crippen LogP contribution in [-0.4, -0.2) is 217 Å². The van der Waals surface area contributed by atoms with E-state index in [-0.39, 0.29) is 44.8 Å². The molecule has 79 heavy (non-hydrogen) atoms. The molecule has 10 N–H and O–H groups in total. The van der Waals surface area contributed by atoms with E-state index in [2.05, 4.69) is 26.6 Å². The first-order valence-electron chi connectivity index (χ1n) is 27.0. The molecule has 0 aromatic rings. The molecule has 4 fully saturated rings. The Morgan fingerprint density at radius 2 is 1.20 bits per heavy atom. The Hall–Kier alpha value is -4.96. The van der Waals surface area contributed by atoms with Crippen molar-refractivity contribution in [3.05, 3.63) is 11.8 Å². The number of carbonyl (C=O) groups excluding carboxylic acids is 6. The molecule has 0 aromatic heterocycles. The SMILES string of the molecule is CN(C(=O)OC(C)(C)C)[C@@H]1[C@@H](O)[C@@H](O[C@H]2[C@H](NC(=O)C3(O)CN(C(=O)OC(C)(C)C)C3)C[C@H](NC(=O)OC(C)(C)C)C([C@H]3OC(CNCC4(O)CC(NC(=O)OC(C)(C)C)C4)=CC[C@H]3NC(=O)OC(C)(C)C)[C@@H]2O)OC[C@]1(C)O. The van der Waals surface area contributed by atoms with Gasteiger partial charge in [-0.15, -0.1) is 0 Å². The lowest BCUT2D eigenvalue weighted by molar-refractivity contribution is -0.306. The van der Waals surface area contributed by atoms with Gasteiger partial charge < -0.3 is 99.8 Å². The van der Waals surface area contributed by atoms with E-state index in [0.717, 1.165) is 9.80 Å². The minimum absolute atomic E-state index is 0.0151. The van der Waals surface area contributed by atoms with Crippen molar-refractivity contribution in [3.8, 4) is 0 Å². The average Bonchev–Trinajstić information content (AvgIpc) is 3.21. The quantitative estimate of drug-likeness (QED) is 0.118. The molecule has 2 saturated heterocycles. The number of hydrogen-bond acceptors (Lipinski definition) is 20. The highest BCUT2D eigenvalue weighted by molar-refractivity contribution is 5.89. The fourth-order valence-electron chi connectivity index (χ4n) is 10.2. The van der Waals surface area contributed by atoms with Crippen molar-refractivity contribution in [2.75, 3.05) is 39.8 Å². The number of rotatable bonds is 13. The number of aliphatic hydroxyl groups is 5. The Morgan fingerprint density at radius 3 is 1.72 bits per heavy atom. The average molecular weight is 1130 g/mol. The van der Waals surface area contributed by atoms with E-state index >= 15 is 0 Å². The van der Waals surface area contributed by atoms with E-state index in [1.165, 1.54) is 14.0 Å². The fraction of sp³-hybridized carbons (Fsp3) is 0.849. The summed E-state index contributed by atoms with van der Waals surface area (Å²) in [5.74, 6) is -2.01. The molecule has 5 rings (SSSR count). The smallest absolute Gasteiger partial charge is 0.410 e. The van der Waals surface area contributed by atoms with Gasteiger partial charge in [0.1, 0.15) is 57.7 Å². The predicted octanol–water partition coefficient (Wildman–Crippen LogP) is 2.39. The van der Waals surface area contributed by atoms with Crippen LogP contribution in [0, 0.1) is 5.92 Å². The molecular weight excluding hydrogens is 1040 g/mol. The maximum absolute atomic E-state index is 14.3. The van der Waals surface area contributed by atoms with E-state index < -0.39 is 162 Å². The van der Waals surface area contributed by atoms with E-state index in [0.29, 0.717) is 5.76 Å². The number of amides is 6. The highest BCUT2D eigenvalue weighted by Crippen LogP contribution is 2.40. The molecule has 5 aliphatic rings. The van der Waals surface area contributed by atoms with Gasteiger partial charge >= 0.3 is 30.5 Å². The van der Waals surface area contributed by atoms with Crippen LogP contribution in [-0.2, 0) is 42.7 Å². The first kappa shape index (κ1) is 64.9. The van der Waals surface area contributed by atoms with Gasteiger partial charge in [-0.1, -0.05) is 0 Å². The van der Waals surface area contributed by atoms with Crippen molar-refractivity contribution in [3.63, 3.8) is 0 Å². The number of carbonyl (C=O) groups is 6. The minimum atomic E-state index is -2.18. The maximum atomic E-state index is 14.3. The van der Waals surface area contributed by atoms with Gasteiger partial charge in [0.25, 0.3) is 5.91 Å². The van der Waals surface area contributed by atoms with Crippen LogP contribution in [0.25, 0.3) is 0 Å². The maximum Gasteiger partial charge on any atom is 0.410 e. The standard InChI is InChI=1S/C53H91N7O19/c1-46(2,3)75-41(64)55-28-21-52(70,22-28)24-54-23-29-18-19-30(57-42(65)76-47(4,5)6)36(73-29)33-31(58-43(66)77-48(7,8)9)20-32(56-40(63)53(71)25-60(26-53)45(68)79-50(13,14)15)37(34(33)61)74-39-35(62)38(51(16,69)27-72-39)59(17)44(67)78-49(10,11)12/h18,28,30-39,54,61-62,69-71H,19-27H2,1-17H3,(H,55,64)(H,56,63)(H,57,65)(H,58,66)/t28?,30-,31+,32-,33?,34+,35-,36+,37+,38-,39-,51+,52?/m1/s1. The largest absolute Gasteiger partial charge is 0.491 e. The zero-order valence-corrected chi connectivity index (χ0v) is 49.1. The van der Waals surface area contributed by atoms with Crippen LogP contribution in [0.3, 0.4) is 0 Å². The predicted molar refractivity (Wildman–Crippen MR) is 282 cm³/mol. The van der Waals surface area contributed by atoms with Crippen molar-refractivity contribution in [1.29, 1.82) is 0 Å². The van der Waals surface area contributed by atoms with E-state index in [1.807, 2.05) is 0 Å². The van der Waals surface area contributed by atoms with Crippen molar-refractivity contribution in [2.24, 2.45) is 5.92 Å². The first-order valence-corrected chi connectivity index (χ1v) is 27.0. The number of likely N-dealkylation sites (N-methyl/N-ethyl adjacent to an activating group) is 1. The molecule has 3 aliphatic heterocycles. The van der Waals surface area contributed by atoms with Gasteiger partial charge in [-0.2, -0.15) is 0 Å². The van der Waals surface area contributed by atoms with Crippen LogP contribution < -0.4 is 26.6 Å². The second-order valence-electron chi connectivity index (χ2n) is 27.0. The topological polar surface area (TPSA) is 344 Å². The summed E-state index contributed by atoms with van der Waals surface area (Å²) >= 11 is 0. The molecule has 11 atom stereocenters. The highest BCUT2D eigenvalue weighted by atomic mass is 16.7. The Labute approximate surface area is 463 Å². The highest BCUT2D eigenvalue weighted by Gasteiger charge is 2.58. The summed E-state index contributed by atoms with van der Waals surface area (Å²) in [6.07, 6.45) is -10.6. The number of aliphatic hydroxyl groups excluding tert-OH is 2. The Balaban J connectivity index is 1.52. The number of ether oxygens (including phenoxy) is 8. The molecule has 0 radical (unpaired) electrons. The monoisotopic (exact) mass is 1130 g/mol. The van der Waals surface area contributed by atoms with Gasteiger partial charge in [0.2, 0.25) is 0 Å². The van der Waals surface area contributed by atoms with Crippen LogP contribution in [0.5, 0.6) is 0 Å². The van der Waals surface area contributed by atoms with Gasteiger partial charge in [-0.3, -0.25) is 4.79 Å². The second-order valence-corrected chi connectivity index (χ2v) is 27.0. The van der Waals surface area contributed by atoms with Crippen LogP contribution in [0.4, 0.5) is 24.0 Å². The minimum Gasteiger partial charge on any atom is -0.491 e. The van der Waals surface area contributed by atoms with Crippen molar-refractivity contribution >= 4 is 36.4 Å². The third kappa shape index (κ3) is 18.3. The van der Waals surface area contributed by atoms with E-state index in [1.54, 1.807) is 110 Å². The molecule has 0 spiro atoms. The first-order chi connectivity index (χ1) is 35.9. The van der Waals surface area contributed by atoms with Gasteiger partial charge in [-0.25, -0.2) is 24.0 Å². The third-order valence-electron chi connectivity index (χ3n) is 13.4. The molecule has 0 bridgehead atoms. The van der Waals surface area contributed by atoms with E-state index in [9.17, 15) is 54.3 Å². The summed E-state index contributed by atoms with van der Waals surface area (Å²) in [4.78, 5) is 82.7. The number of alkyl carbamates (subject to hydrolysis) is 3. The summed E-state index contributed by atoms with van der Waals surface area (Å²) in [5, 5.41) is 74.2. The number of hydrogen-bond donors (Lipinski definition) is 10. The molecule has 2 saturated carbocycles. The zero-order valence-electron chi connectivity index (χ0n) is 49.1. The van der Waals surface area contributed by atoms with Crippen LogP contribution in [0.15, 0.2) is 11.8 Å². The molecule has 26 heteroatoms. The van der Waals surface area contributed by atoms with Crippen molar-refractivity contribution in [2.45, 2.75) is 242 Å². The molecule has 3 heterocycles. The molecular formula is C53H91N7O19. The molecule has 2 aliphatic carbocycles. The lowest BCUT2D eigenvalue weighted by atomic mass is 9.72. The summed E-state index contributed by atoms with van der Waals surface area (Å²) in [5.41, 5.74) is -9.83. The number of nitrogens with one attached hydrogen (secondary N) is 5. The van der Waals surface area contributed by atoms with Crippen LogP contribution in [0.1, 0.15) is 136 Å². The third-order valence-corrected chi connectivity index (χ3v) is 13.4. The van der Waals surface area contributed by atoms with Gasteiger partial charge in [0.15, 0.2) is 11.9 Å². The van der Waals surface area contributed by atoms with E-state index in [4.69, 9.17) is 37.9 Å². The summed E-state index contributed by atoms with van der Waals surface area (Å²) < 4.78 is 46.9. The normalized spacial score (nSPS) is 32.0. The fourth-order valence-corrected chi connectivity index (χ4v) is 10.2. The molecule has 1 unspecified atom stereocenters. The van der Waals surface area contributed by atoms with Gasteiger partial charge in [0, 0.05) is 31.6 Å². The molecule has 26 nitrogen and oxygen atoms in total. The second kappa shape index (κ2) is 23.9. The lowest BCUT2D eigenvalue weighted by Crippen LogP contribution is -2.74. The lowest BCUT2D eigenvalue weighted by Gasteiger charge is -2.52. The number of nitrogens with zero attached hydrogens (tertiary/aromatic N) is 2. The number of β-amino-alcohol motifs (C(OH)–C–C–N with tert-alkyl or cyclic N) is 1. The van der Waals surface area contributed by atoms with Crippen LogP contribution >= 0.6 is 0 Å². The Kier molecular flexibility index (Phi) is 19.6. The molecule has 452 valence electrons. The van der Waals surface area contributed by atoms with Crippen LogP contribution in [0.2, 0.25) is 0 Å². The Morgan fingerprint density at radius 1 is 0.696 bits per heavy atom. The van der Waals surface area contributed by atoms with Crippen molar-refractivity contribution in [1.82, 2.24) is 36.4 Å². The summed E-state index contributed by atoms with van der Waals surface area (Å²) in [6.45, 7) is 25.0. The molecule has 6 amide bonds. The van der Waals surface area contributed by atoms with Gasteiger partial charge in [0.05, 0.1) is 56.1 Å². The zero-order chi connectivity index (χ0) is 59.8. The summed E-state index contributed by atoms with van der Waals surface area (Å²) in [7, 11) is 1.31. The molecule has 0 aromatic carbocycles.